The van der Waals surface area contributed by atoms with Gasteiger partial charge in [0.2, 0.25) is 11.8 Å². The highest BCUT2D eigenvalue weighted by atomic mass is 79.9. The van der Waals surface area contributed by atoms with Crippen LogP contribution in [0.1, 0.15) is 38.2 Å². The van der Waals surface area contributed by atoms with Gasteiger partial charge in [0, 0.05) is 29.2 Å². The molecule has 1 saturated carbocycles. The minimum absolute atomic E-state index is 0.0443. The number of nitrogens with one attached hydrogen (secondary N) is 1. The van der Waals surface area contributed by atoms with E-state index in [1.54, 1.807) is 25.1 Å². The van der Waals surface area contributed by atoms with Crippen molar-refractivity contribution < 1.29 is 22.9 Å². The molecule has 0 heterocycles. The third-order valence-corrected chi connectivity index (χ3v) is 9.35. The van der Waals surface area contributed by atoms with Crippen LogP contribution >= 0.6 is 15.9 Å². The number of amides is 2. The van der Waals surface area contributed by atoms with Gasteiger partial charge in [0.1, 0.15) is 12.6 Å². The number of hydrogen-bond acceptors (Lipinski definition) is 6. The molecule has 12 heteroatoms. The van der Waals surface area contributed by atoms with Gasteiger partial charge in [0.05, 0.1) is 15.5 Å². The molecule has 2 amide bonds. The first-order valence-corrected chi connectivity index (χ1v) is 15.5. The lowest BCUT2D eigenvalue weighted by Gasteiger charge is -2.32. The van der Waals surface area contributed by atoms with E-state index in [4.69, 9.17) is 0 Å². The summed E-state index contributed by atoms with van der Waals surface area (Å²) in [5.41, 5.74) is 0.616. The Morgan fingerprint density at radius 1 is 1.02 bits per heavy atom. The van der Waals surface area contributed by atoms with Crippen molar-refractivity contribution >= 4 is 49.1 Å². The molecule has 1 unspecified atom stereocenters. The Hall–Kier alpha value is -3.77. The molecule has 0 saturated heterocycles. The van der Waals surface area contributed by atoms with Gasteiger partial charge >= 0.3 is 0 Å². The molecule has 1 aliphatic carbocycles. The Kier molecular flexibility index (Phi) is 9.77. The number of non-ortho nitro benzene ring substituents is 1. The molecular formula is C29H31BrN4O6S. The second kappa shape index (κ2) is 13.3. The van der Waals surface area contributed by atoms with Crippen LogP contribution in [0.3, 0.4) is 0 Å². The molecule has 3 aromatic rings. The molecule has 41 heavy (non-hydrogen) atoms. The fraction of sp³-hybridized carbons (Fsp3) is 0.310. The molecule has 0 bridgehead atoms. The van der Waals surface area contributed by atoms with Crippen LogP contribution in [0.4, 0.5) is 11.4 Å². The molecule has 3 aromatic carbocycles. The van der Waals surface area contributed by atoms with Crippen molar-refractivity contribution in [3.63, 3.8) is 0 Å². The Bertz CT molecular complexity index is 1500. The number of carbonyl (C=O) groups excluding carboxylic acids is 2. The number of hydrogen-bond donors (Lipinski definition) is 1. The number of anilines is 1. The Morgan fingerprint density at radius 2 is 1.68 bits per heavy atom. The summed E-state index contributed by atoms with van der Waals surface area (Å²) < 4.78 is 29.3. The second-order valence-electron chi connectivity index (χ2n) is 9.92. The number of benzene rings is 3. The fourth-order valence-electron chi connectivity index (χ4n) is 4.80. The number of halogens is 1. The number of sulfonamides is 1. The van der Waals surface area contributed by atoms with E-state index in [2.05, 4.69) is 21.2 Å². The van der Waals surface area contributed by atoms with Crippen molar-refractivity contribution in [3.8, 4) is 0 Å². The van der Waals surface area contributed by atoms with Crippen molar-refractivity contribution in [3.05, 3.63) is 99.0 Å². The molecule has 1 aliphatic rings. The lowest BCUT2D eigenvalue weighted by atomic mass is 10.1. The number of carbonyl (C=O) groups is 2. The molecule has 0 aromatic heterocycles. The average Bonchev–Trinajstić information content (AvgIpc) is 3.47. The highest BCUT2D eigenvalue weighted by Gasteiger charge is 2.33. The van der Waals surface area contributed by atoms with Gasteiger partial charge in [-0.3, -0.25) is 24.0 Å². The van der Waals surface area contributed by atoms with Crippen LogP contribution in [-0.2, 0) is 26.2 Å². The summed E-state index contributed by atoms with van der Waals surface area (Å²) in [6.45, 7) is 1.07. The van der Waals surface area contributed by atoms with E-state index in [9.17, 15) is 28.1 Å². The van der Waals surface area contributed by atoms with Crippen LogP contribution in [0.15, 0.2) is 88.2 Å². The Balaban J connectivity index is 1.69. The Labute approximate surface area is 247 Å². The predicted molar refractivity (Wildman–Crippen MR) is 159 cm³/mol. The van der Waals surface area contributed by atoms with Crippen molar-refractivity contribution in [2.45, 2.75) is 56.1 Å². The monoisotopic (exact) mass is 642 g/mol. The fourth-order valence-corrected chi connectivity index (χ4v) is 6.68. The van der Waals surface area contributed by atoms with Crippen LogP contribution in [0.5, 0.6) is 0 Å². The molecule has 0 spiro atoms. The molecule has 0 aliphatic heterocycles. The molecule has 1 atom stereocenters. The number of nitro benzene ring substituents is 1. The summed E-state index contributed by atoms with van der Waals surface area (Å²) in [6, 6.07) is 19.0. The summed E-state index contributed by atoms with van der Waals surface area (Å²) in [5, 5.41) is 14.2. The average molecular weight is 644 g/mol. The van der Waals surface area contributed by atoms with E-state index in [1.165, 1.54) is 41.3 Å². The lowest BCUT2D eigenvalue weighted by molar-refractivity contribution is -0.384. The van der Waals surface area contributed by atoms with Crippen LogP contribution in [-0.4, -0.2) is 48.7 Å². The topological polar surface area (TPSA) is 130 Å². The number of rotatable bonds is 11. The number of nitro groups is 1. The minimum Gasteiger partial charge on any atom is -0.352 e. The van der Waals surface area contributed by atoms with E-state index in [1.807, 2.05) is 24.3 Å². The summed E-state index contributed by atoms with van der Waals surface area (Å²) in [6.07, 6.45) is 3.81. The Morgan fingerprint density at radius 3 is 2.29 bits per heavy atom. The van der Waals surface area contributed by atoms with Gasteiger partial charge in [-0.2, -0.15) is 0 Å². The van der Waals surface area contributed by atoms with Gasteiger partial charge in [-0.1, -0.05) is 59.1 Å². The molecule has 0 radical (unpaired) electrons. The van der Waals surface area contributed by atoms with Gasteiger partial charge in [-0.05, 0) is 61.7 Å². The first-order chi connectivity index (χ1) is 19.6. The maximum absolute atomic E-state index is 14.0. The van der Waals surface area contributed by atoms with Gasteiger partial charge < -0.3 is 10.2 Å². The second-order valence-corrected chi connectivity index (χ2v) is 12.7. The normalized spacial score (nSPS) is 14.3. The van der Waals surface area contributed by atoms with Crippen molar-refractivity contribution in [2.75, 3.05) is 10.8 Å². The smallest absolute Gasteiger partial charge is 0.269 e. The van der Waals surface area contributed by atoms with E-state index in [-0.39, 0.29) is 34.8 Å². The predicted octanol–water partition coefficient (Wildman–Crippen LogP) is 5.03. The van der Waals surface area contributed by atoms with Crippen molar-refractivity contribution in [2.24, 2.45) is 0 Å². The molecule has 10 nitrogen and oxygen atoms in total. The van der Waals surface area contributed by atoms with E-state index in [0.717, 1.165) is 40.0 Å². The quantitative estimate of drug-likeness (QED) is 0.231. The van der Waals surface area contributed by atoms with E-state index >= 15 is 0 Å². The third kappa shape index (κ3) is 7.50. The summed E-state index contributed by atoms with van der Waals surface area (Å²) in [7, 11) is -4.25. The summed E-state index contributed by atoms with van der Waals surface area (Å²) >= 11 is 3.43. The standard InChI is InChI=1S/C29H31BrN4O6S/c1-21(29(36)31-24-10-5-6-11-24)32(19-22-8-7-9-23(30)18-22)28(35)20-33(25-14-16-26(17-15-25)34(37)38)41(39,40)27-12-3-2-4-13-27/h2-4,7-9,12-18,21,24H,5-6,10-11,19-20H2,1H3,(H,31,36). The zero-order valence-electron chi connectivity index (χ0n) is 22.5. The van der Waals surface area contributed by atoms with Gasteiger partial charge in [-0.25, -0.2) is 8.42 Å². The first kappa shape index (κ1) is 30.2. The third-order valence-electron chi connectivity index (χ3n) is 7.07. The first-order valence-electron chi connectivity index (χ1n) is 13.2. The summed E-state index contributed by atoms with van der Waals surface area (Å²) in [5.74, 6) is -0.912. The molecule has 4 rings (SSSR count). The highest BCUT2D eigenvalue weighted by molar-refractivity contribution is 9.10. The van der Waals surface area contributed by atoms with Crippen molar-refractivity contribution in [1.29, 1.82) is 0 Å². The number of nitrogens with zero attached hydrogens (tertiary/aromatic N) is 3. The molecule has 1 fully saturated rings. The van der Waals surface area contributed by atoms with Gasteiger partial charge in [0.15, 0.2) is 0 Å². The SMILES string of the molecule is CC(C(=O)NC1CCCC1)N(Cc1cccc(Br)c1)C(=O)CN(c1ccc([N+](=O)[O-])cc1)S(=O)(=O)c1ccccc1. The van der Waals surface area contributed by atoms with Crippen LogP contribution < -0.4 is 9.62 Å². The lowest BCUT2D eigenvalue weighted by Crippen LogP contribution is -2.52. The van der Waals surface area contributed by atoms with Gasteiger partial charge in [-0.15, -0.1) is 0 Å². The largest absolute Gasteiger partial charge is 0.352 e. The highest BCUT2D eigenvalue weighted by Crippen LogP contribution is 2.27. The molecular weight excluding hydrogens is 612 g/mol. The molecule has 1 N–H and O–H groups in total. The van der Waals surface area contributed by atoms with E-state index < -0.39 is 33.4 Å². The van der Waals surface area contributed by atoms with Crippen LogP contribution in [0, 0.1) is 10.1 Å². The van der Waals surface area contributed by atoms with Gasteiger partial charge in [0.25, 0.3) is 15.7 Å². The zero-order valence-corrected chi connectivity index (χ0v) is 24.9. The maximum atomic E-state index is 14.0. The van der Waals surface area contributed by atoms with Crippen LogP contribution in [0.25, 0.3) is 0 Å². The molecule has 216 valence electrons. The maximum Gasteiger partial charge on any atom is 0.269 e. The van der Waals surface area contributed by atoms with Crippen LogP contribution in [0.2, 0.25) is 0 Å². The van der Waals surface area contributed by atoms with E-state index in [0.29, 0.717) is 0 Å². The zero-order chi connectivity index (χ0) is 29.6. The minimum atomic E-state index is -4.25. The summed E-state index contributed by atoms with van der Waals surface area (Å²) in [4.78, 5) is 39.2. The van der Waals surface area contributed by atoms with Crippen molar-refractivity contribution in [1.82, 2.24) is 10.2 Å².